The van der Waals surface area contributed by atoms with Gasteiger partial charge in [0.2, 0.25) is 11.8 Å². The van der Waals surface area contributed by atoms with Gasteiger partial charge in [-0.1, -0.05) is 54.1 Å². The van der Waals surface area contributed by atoms with Crippen molar-refractivity contribution < 1.29 is 9.59 Å². The lowest BCUT2D eigenvalue weighted by molar-refractivity contribution is -0.126. The molecular formula is C19H19ClN2O2. The summed E-state index contributed by atoms with van der Waals surface area (Å²) in [4.78, 5) is 26.1. The summed E-state index contributed by atoms with van der Waals surface area (Å²) in [5, 5.41) is 3.45. The van der Waals surface area contributed by atoms with E-state index < -0.39 is 0 Å². The molecule has 1 fully saturated rings. The van der Waals surface area contributed by atoms with Crippen molar-refractivity contribution in [1.29, 1.82) is 0 Å². The molecular weight excluding hydrogens is 324 g/mol. The Labute approximate surface area is 146 Å². The molecule has 0 aliphatic carbocycles. The van der Waals surface area contributed by atoms with E-state index in [0.717, 1.165) is 6.42 Å². The number of rotatable bonds is 5. The van der Waals surface area contributed by atoms with Crippen LogP contribution >= 0.6 is 11.6 Å². The van der Waals surface area contributed by atoms with E-state index in [2.05, 4.69) is 5.32 Å². The van der Waals surface area contributed by atoms with E-state index >= 15 is 0 Å². The van der Waals surface area contributed by atoms with Crippen LogP contribution in [0.3, 0.4) is 0 Å². The van der Waals surface area contributed by atoms with Crippen LogP contribution < -0.4 is 10.2 Å². The summed E-state index contributed by atoms with van der Waals surface area (Å²) >= 11 is 6.15. The van der Waals surface area contributed by atoms with Crippen LogP contribution in [0, 0.1) is 5.92 Å². The zero-order chi connectivity index (χ0) is 16.9. The fourth-order valence-corrected chi connectivity index (χ4v) is 3.14. The van der Waals surface area contributed by atoms with Crippen LogP contribution in [-0.2, 0) is 16.0 Å². The number of halogens is 1. The van der Waals surface area contributed by atoms with Crippen LogP contribution in [0.4, 0.5) is 5.69 Å². The van der Waals surface area contributed by atoms with Crippen LogP contribution in [0.1, 0.15) is 12.0 Å². The van der Waals surface area contributed by atoms with Crippen molar-refractivity contribution in [2.24, 2.45) is 5.92 Å². The summed E-state index contributed by atoms with van der Waals surface area (Å²) in [5.41, 5.74) is 1.85. The highest BCUT2D eigenvalue weighted by molar-refractivity contribution is 6.33. The van der Waals surface area contributed by atoms with E-state index in [-0.39, 0.29) is 24.2 Å². The zero-order valence-corrected chi connectivity index (χ0v) is 14.0. The van der Waals surface area contributed by atoms with Crippen molar-refractivity contribution in [1.82, 2.24) is 5.32 Å². The number of carbonyl (C=O) groups is 2. The molecule has 1 aliphatic rings. The monoisotopic (exact) mass is 342 g/mol. The Morgan fingerprint density at radius 1 is 1.12 bits per heavy atom. The van der Waals surface area contributed by atoms with E-state index in [4.69, 9.17) is 11.6 Å². The Morgan fingerprint density at radius 3 is 2.58 bits per heavy atom. The first-order valence-corrected chi connectivity index (χ1v) is 8.39. The predicted molar refractivity (Wildman–Crippen MR) is 95.1 cm³/mol. The number of nitrogens with one attached hydrogen (secondary N) is 1. The second-order valence-electron chi connectivity index (χ2n) is 5.88. The van der Waals surface area contributed by atoms with Crippen LogP contribution in [0.2, 0.25) is 5.02 Å². The maximum Gasteiger partial charge on any atom is 0.227 e. The minimum absolute atomic E-state index is 0.0636. The number of benzene rings is 2. The van der Waals surface area contributed by atoms with Gasteiger partial charge >= 0.3 is 0 Å². The number of para-hydroxylation sites is 1. The molecule has 1 N–H and O–H groups in total. The van der Waals surface area contributed by atoms with Crippen molar-refractivity contribution in [3.05, 3.63) is 65.2 Å². The van der Waals surface area contributed by atoms with Crippen molar-refractivity contribution in [3.8, 4) is 0 Å². The third kappa shape index (κ3) is 3.77. The summed E-state index contributed by atoms with van der Waals surface area (Å²) in [6.07, 6.45) is 1.00. The Morgan fingerprint density at radius 2 is 1.83 bits per heavy atom. The van der Waals surface area contributed by atoms with E-state index in [9.17, 15) is 9.59 Å². The van der Waals surface area contributed by atoms with Gasteiger partial charge in [0.05, 0.1) is 16.6 Å². The topological polar surface area (TPSA) is 49.4 Å². The maximum atomic E-state index is 12.3. The van der Waals surface area contributed by atoms with E-state index in [1.807, 2.05) is 42.5 Å². The highest BCUT2D eigenvalue weighted by Gasteiger charge is 2.35. The SMILES string of the molecule is O=C(NCCc1ccccc1)[C@H]1CC(=O)N(c2ccccc2Cl)C1. The third-order valence-corrected chi connectivity index (χ3v) is 4.51. The molecule has 2 amide bonds. The van der Waals surface area contributed by atoms with Crippen LogP contribution in [-0.4, -0.2) is 24.9 Å². The van der Waals surface area contributed by atoms with Crippen LogP contribution in [0.25, 0.3) is 0 Å². The van der Waals surface area contributed by atoms with E-state index in [1.54, 1.807) is 17.0 Å². The minimum Gasteiger partial charge on any atom is -0.355 e. The van der Waals surface area contributed by atoms with Gasteiger partial charge in [-0.15, -0.1) is 0 Å². The summed E-state index contributed by atoms with van der Waals surface area (Å²) in [6, 6.07) is 17.2. The number of carbonyl (C=O) groups excluding carboxylic acids is 2. The quantitative estimate of drug-likeness (QED) is 0.908. The molecule has 0 saturated carbocycles. The first-order valence-electron chi connectivity index (χ1n) is 8.01. The van der Waals surface area contributed by atoms with Gasteiger partial charge < -0.3 is 10.2 Å². The van der Waals surface area contributed by atoms with Crippen molar-refractivity contribution in [2.75, 3.05) is 18.0 Å². The molecule has 2 aromatic carbocycles. The Hall–Kier alpha value is -2.33. The summed E-state index contributed by atoms with van der Waals surface area (Å²) in [6.45, 7) is 0.944. The predicted octanol–water partition coefficient (Wildman–Crippen LogP) is 3.05. The fourth-order valence-electron chi connectivity index (χ4n) is 2.91. The molecule has 2 aromatic rings. The van der Waals surface area contributed by atoms with Gasteiger partial charge in [-0.2, -0.15) is 0 Å². The van der Waals surface area contributed by atoms with Crippen molar-refractivity contribution >= 4 is 29.1 Å². The van der Waals surface area contributed by atoms with Gasteiger partial charge in [0.15, 0.2) is 0 Å². The molecule has 0 unspecified atom stereocenters. The molecule has 3 rings (SSSR count). The molecule has 0 aromatic heterocycles. The largest absolute Gasteiger partial charge is 0.355 e. The Balaban J connectivity index is 1.55. The number of amides is 2. The first-order chi connectivity index (χ1) is 11.6. The second-order valence-corrected chi connectivity index (χ2v) is 6.29. The van der Waals surface area contributed by atoms with Crippen molar-refractivity contribution in [2.45, 2.75) is 12.8 Å². The summed E-state index contributed by atoms with van der Waals surface area (Å²) in [7, 11) is 0. The zero-order valence-electron chi connectivity index (χ0n) is 13.2. The van der Waals surface area contributed by atoms with Gasteiger partial charge in [0.1, 0.15) is 0 Å². The van der Waals surface area contributed by atoms with Gasteiger partial charge in [-0.25, -0.2) is 0 Å². The molecule has 5 heteroatoms. The van der Waals surface area contributed by atoms with Gasteiger partial charge in [0.25, 0.3) is 0 Å². The summed E-state index contributed by atoms with van der Waals surface area (Å²) in [5.74, 6) is -0.468. The van der Waals surface area contributed by atoms with Gasteiger partial charge in [-0.05, 0) is 24.1 Å². The van der Waals surface area contributed by atoms with Crippen LogP contribution in [0.15, 0.2) is 54.6 Å². The van der Waals surface area contributed by atoms with Crippen LogP contribution in [0.5, 0.6) is 0 Å². The molecule has 0 spiro atoms. The highest BCUT2D eigenvalue weighted by atomic mass is 35.5. The lowest BCUT2D eigenvalue weighted by Crippen LogP contribution is -2.34. The van der Waals surface area contributed by atoms with Gasteiger partial charge in [-0.3, -0.25) is 9.59 Å². The molecule has 24 heavy (non-hydrogen) atoms. The molecule has 0 bridgehead atoms. The lowest BCUT2D eigenvalue weighted by atomic mass is 10.1. The van der Waals surface area contributed by atoms with Crippen molar-refractivity contribution in [3.63, 3.8) is 0 Å². The molecule has 1 aliphatic heterocycles. The minimum atomic E-state index is -0.329. The summed E-state index contributed by atoms with van der Waals surface area (Å²) < 4.78 is 0. The normalized spacial score (nSPS) is 17.1. The molecule has 1 atom stereocenters. The number of anilines is 1. The molecule has 1 heterocycles. The third-order valence-electron chi connectivity index (χ3n) is 4.19. The maximum absolute atomic E-state index is 12.3. The molecule has 1 saturated heterocycles. The Kier molecular flexibility index (Phi) is 5.16. The molecule has 0 radical (unpaired) electrons. The Bertz CT molecular complexity index is 733. The number of nitrogens with zero attached hydrogens (tertiary/aromatic N) is 1. The average molecular weight is 343 g/mol. The van der Waals surface area contributed by atoms with E-state index in [1.165, 1.54) is 5.56 Å². The van der Waals surface area contributed by atoms with E-state index in [0.29, 0.717) is 23.8 Å². The number of hydrogen-bond acceptors (Lipinski definition) is 2. The fraction of sp³-hybridized carbons (Fsp3) is 0.263. The molecule has 4 nitrogen and oxygen atoms in total. The molecule has 124 valence electrons. The lowest BCUT2D eigenvalue weighted by Gasteiger charge is -2.18. The van der Waals surface area contributed by atoms with Gasteiger partial charge in [0, 0.05) is 19.5 Å². The number of hydrogen-bond donors (Lipinski definition) is 1. The second kappa shape index (κ2) is 7.49. The highest BCUT2D eigenvalue weighted by Crippen LogP contribution is 2.30. The first kappa shape index (κ1) is 16.5. The standard InChI is InChI=1S/C19H19ClN2O2/c20-16-8-4-5-9-17(16)22-13-15(12-18(22)23)19(24)21-11-10-14-6-2-1-3-7-14/h1-9,15H,10-13H2,(H,21,24)/t15-/m0/s1. The smallest absolute Gasteiger partial charge is 0.227 e. The average Bonchev–Trinajstić information content (AvgIpc) is 2.98.